The molecule has 0 aliphatic heterocycles. The Balaban J connectivity index is 2.18. The van der Waals surface area contributed by atoms with Gasteiger partial charge in [-0.1, -0.05) is 6.07 Å². The van der Waals surface area contributed by atoms with Gasteiger partial charge >= 0.3 is 0 Å². The molecule has 27 heavy (non-hydrogen) atoms. The predicted molar refractivity (Wildman–Crippen MR) is 97.1 cm³/mol. The largest absolute Gasteiger partial charge is 0.481 e. The number of ether oxygens (including phenoxy) is 1. The smallest absolute Gasteiger partial charge is 0.265 e. The van der Waals surface area contributed by atoms with Gasteiger partial charge in [0.05, 0.1) is 4.90 Å². The number of nitrogens with zero attached hydrogens (tertiary/aromatic N) is 1. The molecular formula is C18H20F2N2O4S. The number of carbonyl (C=O) groups is 1. The number of halogens is 2. The average Bonchev–Trinajstić information content (AvgIpc) is 2.59. The number of carbonyl (C=O) groups excluding carboxylic acids is 1. The van der Waals surface area contributed by atoms with E-state index < -0.39 is 33.7 Å². The van der Waals surface area contributed by atoms with Crippen molar-refractivity contribution in [1.82, 2.24) is 4.31 Å². The molecule has 1 unspecified atom stereocenters. The Morgan fingerprint density at radius 3 is 2.37 bits per heavy atom. The normalized spacial score (nSPS) is 12.7. The van der Waals surface area contributed by atoms with E-state index in [1.807, 2.05) is 0 Å². The summed E-state index contributed by atoms with van der Waals surface area (Å²) in [6, 6.07) is 7.32. The molecular weight excluding hydrogens is 378 g/mol. The maximum atomic E-state index is 13.2. The first kappa shape index (κ1) is 20.8. The summed E-state index contributed by atoms with van der Waals surface area (Å²) >= 11 is 0. The van der Waals surface area contributed by atoms with Crippen molar-refractivity contribution < 1.29 is 26.7 Å². The van der Waals surface area contributed by atoms with E-state index in [-0.39, 0.29) is 10.6 Å². The van der Waals surface area contributed by atoms with Gasteiger partial charge in [0.2, 0.25) is 10.0 Å². The minimum atomic E-state index is -3.66. The highest BCUT2D eigenvalue weighted by atomic mass is 32.2. The van der Waals surface area contributed by atoms with Gasteiger partial charge in [0, 0.05) is 25.8 Å². The molecule has 0 fully saturated rings. The van der Waals surface area contributed by atoms with Crippen molar-refractivity contribution in [3.05, 3.63) is 53.6 Å². The molecule has 1 atom stereocenters. The Hall–Kier alpha value is -2.52. The SMILES string of the molecule is Cc1ccc(S(=O)(=O)N(C)C)cc1NC(=O)C(C)Oc1ccc(F)c(F)c1. The minimum Gasteiger partial charge on any atom is -0.481 e. The van der Waals surface area contributed by atoms with Gasteiger partial charge in [0.25, 0.3) is 5.91 Å². The molecule has 6 nitrogen and oxygen atoms in total. The topological polar surface area (TPSA) is 75.7 Å². The molecule has 2 rings (SSSR count). The highest BCUT2D eigenvalue weighted by Gasteiger charge is 2.21. The number of hydrogen-bond acceptors (Lipinski definition) is 4. The number of anilines is 1. The van der Waals surface area contributed by atoms with Crippen LogP contribution in [0.2, 0.25) is 0 Å². The maximum Gasteiger partial charge on any atom is 0.265 e. The van der Waals surface area contributed by atoms with Crippen molar-refractivity contribution in [2.75, 3.05) is 19.4 Å². The molecule has 0 saturated carbocycles. The number of aryl methyl sites for hydroxylation is 1. The van der Waals surface area contributed by atoms with Crippen LogP contribution in [0.3, 0.4) is 0 Å². The van der Waals surface area contributed by atoms with Gasteiger partial charge in [-0.15, -0.1) is 0 Å². The lowest BCUT2D eigenvalue weighted by molar-refractivity contribution is -0.122. The fourth-order valence-electron chi connectivity index (χ4n) is 2.15. The molecule has 0 heterocycles. The summed E-state index contributed by atoms with van der Waals surface area (Å²) in [6.07, 6.45) is -1.02. The number of amides is 1. The van der Waals surface area contributed by atoms with Crippen molar-refractivity contribution in [3.8, 4) is 5.75 Å². The second-order valence-electron chi connectivity index (χ2n) is 6.09. The lowest BCUT2D eigenvalue weighted by Gasteiger charge is -2.17. The zero-order chi connectivity index (χ0) is 20.4. The van der Waals surface area contributed by atoms with E-state index in [4.69, 9.17) is 4.74 Å². The summed E-state index contributed by atoms with van der Waals surface area (Å²) < 4.78 is 57.0. The highest BCUT2D eigenvalue weighted by molar-refractivity contribution is 7.89. The third-order valence-electron chi connectivity index (χ3n) is 3.82. The van der Waals surface area contributed by atoms with Gasteiger partial charge < -0.3 is 10.1 Å². The van der Waals surface area contributed by atoms with Gasteiger partial charge in [0.15, 0.2) is 17.7 Å². The number of rotatable bonds is 6. The zero-order valence-electron chi connectivity index (χ0n) is 15.3. The highest BCUT2D eigenvalue weighted by Crippen LogP contribution is 2.23. The van der Waals surface area contributed by atoms with Gasteiger partial charge in [0.1, 0.15) is 5.75 Å². The van der Waals surface area contributed by atoms with Crippen LogP contribution in [0.15, 0.2) is 41.3 Å². The van der Waals surface area contributed by atoms with Crippen molar-refractivity contribution in [3.63, 3.8) is 0 Å². The summed E-state index contributed by atoms with van der Waals surface area (Å²) in [6.45, 7) is 3.15. The summed E-state index contributed by atoms with van der Waals surface area (Å²) in [5, 5.41) is 2.59. The molecule has 0 aliphatic rings. The first-order chi connectivity index (χ1) is 12.5. The molecule has 9 heteroatoms. The van der Waals surface area contributed by atoms with Crippen molar-refractivity contribution in [1.29, 1.82) is 0 Å². The Morgan fingerprint density at radius 2 is 1.78 bits per heavy atom. The molecule has 0 radical (unpaired) electrons. The standard InChI is InChI=1S/C18H20F2N2O4S/c1-11-5-7-14(27(24,25)22(3)4)10-17(11)21-18(23)12(2)26-13-6-8-15(19)16(20)9-13/h5-10,12H,1-4H3,(H,21,23). The second-order valence-corrected chi connectivity index (χ2v) is 8.24. The summed E-state index contributed by atoms with van der Waals surface area (Å²) in [4.78, 5) is 12.4. The molecule has 0 bridgehead atoms. The van der Waals surface area contributed by atoms with E-state index >= 15 is 0 Å². The van der Waals surface area contributed by atoms with Crippen LogP contribution >= 0.6 is 0 Å². The molecule has 2 aromatic carbocycles. The van der Waals surface area contributed by atoms with E-state index in [1.165, 1.54) is 39.2 Å². The van der Waals surface area contributed by atoms with Crippen molar-refractivity contribution in [2.45, 2.75) is 24.8 Å². The molecule has 1 amide bonds. The molecule has 0 aliphatic carbocycles. The Kier molecular flexibility index (Phi) is 6.17. The average molecular weight is 398 g/mol. The lowest BCUT2D eigenvalue weighted by Crippen LogP contribution is -2.30. The van der Waals surface area contributed by atoms with Crippen LogP contribution in [-0.4, -0.2) is 38.8 Å². The van der Waals surface area contributed by atoms with Crippen LogP contribution in [0.5, 0.6) is 5.75 Å². The third kappa shape index (κ3) is 4.81. The molecule has 0 aromatic heterocycles. The molecule has 0 spiro atoms. The van der Waals surface area contributed by atoms with Crippen molar-refractivity contribution >= 4 is 21.6 Å². The monoisotopic (exact) mass is 398 g/mol. The number of benzene rings is 2. The first-order valence-corrected chi connectivity index (χ1v) is 9.42. The van der Waals surface area contributed by atoms with Gasteiger partial charge in [-0.25, -0.2) is 21.5 Å². The van der Waals surface area contributed by atoms with Gasteiger partial charge in [-0.2, -0.15) is 0 Å². The second kappa shape index (κ2) is 8.01. The molecule has 0 saturated heterocycles. The number of hydrogen-bond donors (Lipinski definition) is 1. The van der Waals surface area contributed by atoms with Crippen LogP contribution in [0.1, 0.15) is 12.5 Å². The molecule has 1 N–H and O–H groups in total. The van der Waals surface area contributed by atoms with E-state index in [0.717, 1.165) is 16.4 Å². The summed E-state index contributed by atoms with van der Waals surface area (Å²) in [5.41, 5.74) is 0.963. The summed E-state index contributed by atoms with van der Waals surface area (Å²) in [5.74, 6) is -2.68. The minimum absolute atomic E-state index is 0.00258. The van der Waals surface area contributed by atoms with E-state index in [1.54, 1.807) is 13.0 Å². The molecule has 2 aromatic rings. The predicted octanol–water partition coefficient (Wildman–Crippen LogP) is 2.93. The zero-order valence-corrected chi connectivity index (χ0v) is 16.1. The Labute approximate surface area is 156 Å². The number of nitrogens with one attached hydrogen (secondary N) is 1. The number of sulfonamides is 1. The van der Waals surface area contributed by atoms with Crippen LogP contribution in [0.25, 0.3) is 0 Å². The van der Waals surface area contributed by atoms with Crippen LogP contribution in [-0.2, 0) is 14.8 Å². The van der Waals surface area contributed by atoms with Crippen LogP contribution in [0.4, 0.5) is 14.5 Å². The fraction of sp³-hybridized carbons (Fsp3) is 0.278. The Bertz CT molecular complexity index is 962. The van der Waals surface area contributed by atoms with E-state index in [2.05, 4.69) is 5.32 Å². The Morgan fingerprint density at radius 1 is 1.11 bits per heavy atom. The third-order valence-corrected chi connectivity index (χ3v) is 5.63. The quantitative estimate of drug-likeness (QED) is 0.812. The van der Waals surface area contributed by atoms with Crippen molar-refractivity contribution in [2.24, 2.45) is 0 Å². The summed E-state index contributed by atoms with van der Waals surface area (Å²) in [7, 11) is -0.840. The van der Waals surface area contributed by atoms with Gasteiger partial charge in [-0.05, 0) is 43.7 Å². The fourth-order valence-corrected chi connectivity index (χ4v) is 3.08. The first-order valence-electron chi connectivity index (χ1n) is 7.98. The van der Waals surface area contributed by atoms with Crippen LogP contribution < -0.4 is 10.1 Å². The van der Waals surface area contributed by atoms with E-state index in [0.29, 0.717) is 11.3 Å². The maximum absolute atomic E-state index is 13.2. The molecule has 146 valence electrons. The van der Waals surface area contributed by atoms with Gasteiger partial charge in [-0.3, -0.25) is 4.79 Å². The lowest BCUT2D eigenvalue weighted by atomic mass is 10.2. The van der Waals surface area contributed by atoms with E-state index in [9.17, 15) is 22.0 Å². The van der Waals surface area contributed by atoms with Crippen LogP contribution in [0, 0.1) is 18.6 Å².